The van der Waals surface area contributed by atoms with Gasteiger partial charge in [-0.25, -0.2) is 15.0 Å². The van der Waals surface area contributed by atoms with Crippen molar-refractivity contribution in [2.75, 3.05) is 43.1 Å². The number of thiazole rings is 1. The molecule has 3 aliphatic rings. The van der Waals surface area contributed by atoms with Crippen molar-refractivity contribution >= 4 is 38.3 Å². The highest BCUT2D eigenvalue weighted by Crippen LogP contribution is 2.34. The molecule has 35 heavy (non-hydrogen) atoms. The molecule has 8 heteroatoms. The number of pyridine rings is 2. The van der Waals surface area contributed by atoms with Crippen molar-refractivity contribution in [1.29, 1.82) is 0 Å². The summed E-state index contributed by atoms with van der Waals surface area (Å²) in [6.07, 6.45) is 10.5. The predicted octanol–water partition coefficient (Wildman–Crippen LogP) is 5.70. The van der Waals surface area contributed by atoms with Crippen molar-refractivity contribution in [3.63, 3.8) is 0 Å². The first-order valence-electron chi connectivity index (χ1n) is 13.3. The Morgan fingerprint density at radius 3 is 2.66 bits per heavy atom. The molecular weight excluding hydrogens is 456 g/mol. The molecule has 1 N–H and O–H groups in total. The van der Waals surface area contributed by atoms with E-state index in [1.54, 1.807) is 11.3 Å². The summed E-state index contributed by atoms with van der Waals surface area (Å²) in [7, 11) is 0. The summed E-state index contributed by atoms with van der Waals surface area (Å²) in [6, 6.07) is 7.03. The number of rotatable bonds is 6. The Hall–Kier alpha value is -2.29. The molecule has 0 saturated carbocycles. The van der Waals surface area contributed by atoms with Gasteiger partial charge in [-0.15, -0.1) is 0 Å². The number of fused-ring (bicyclic) bond motifs is 1. The van der Waals surface area contributed by atoms with Crippen LogP contribution in [0.4, 0.5) is 16.8 Å². The fraction of sp³-hybridized carbons (Fsp3) is 0.593. The number of likely N-dealkylation sites (tertiary alicyclic amines) is 1. The summed E-state index contributed by atoms with van der Waals surface area (Å²) in [6.45, 7) is 8.39. The van der Waals surface area contributed by atoms with Gasteiger partial charge < -0.3 is 15.0 Å². The van der Waals surface area contributed by atoms with Crippen LogP contribution >= 0.6 is 11.3 Å². The lowest BCUT2D eigenvalue weighted by atomic mass is 9.90. The number of anilines is 3. The zero-order valence-corrected chi connectivity index (χ0v) is 21.5. The standard InChI is InChI=1S/C27H36N6OS/c1-19-6-2-3-13-33(19)27-30-22-16-26(28-17-24(22)35-27)31-25-8-7-21(20-9-14-34-15-10-20)23(29-25)18-32-11-4-5-12-32/h7-8,16-17,19-20H,2-6,9-15,18H2,1H3,(H,28,29,31)/t19-/m0/s1. The van der Waals surface area contributed by atoms with Gasteiger partial charge in [-0.1, -0.05) is 17.4 Å². The van der Waals surface area contributed by atoms with Crippen LogP contribution in [0.2, 0.25) is 0 Å². The largest absolute Gasteiger partial charge is 0.381 e. The molecule has 3 aromatic heterocycles. The van der Waals surface area contributed by atoms with Crippen LogP contribution in [0.15, 0.2) is 24.4 Å². The first-order valence-corrected chi connectivity index (χ1v) is 14.1. The van der Waals surface area contributed by atoms with Crippen molar-refractivity contribution in [3.8, 4) is 0 Å². The Kier molecular flexibility index (Phi) is 6.85. The summed E-state index contributed by atoms with van der Waals surface area (Å²) in [5.74, 6) is 2.21. The molecule has 3 fully saturated rings. The van der Waals surface area contributed by atoms with E-state index in [0.29, 0.717) is 12.0 Å². The number of nitrogens with one attached hydrogen (secondary N) is 1. The highest BCUT2D eigenvalue weighted by molar-refractivity contribution is 7.22. The van der Waals surface area contributed by atoms with Crippen molar-refractivity contribution in [2.45, 2.75) is 70.4 Å². The van der Waals surface area contributed by atoms with E-state index >= 15 is 0 Å². The van der Waals surface area contributed by atoms with Gasteiger partial charge in [0.25, 0.3) is 0 Å². The van der Waals surface area contributed by atoms with Gasteiger partial charge in [0, 0.05) is 44.6 Å². The fourth-order valence-corrected chi connectivity index (χ4v) is 6.81. The Labute approximate surface area is 211 Å². The van der Waals surface area contributed by atoms with E-state index in [2.05, 4.69) is 40.2 Å². The molecule has 6 heterocycles. The number of nitrogens with zero attached hydrogens (tertiary/aromatic N) is 5. The second kappa shape index (κ2) is 10.4. The maximum absolute atomic E-state index is 5.62. The summed E-state index contributed by atoms with van der Waals surface area (Å²) >= 11 is 1.75. The van der Waals surface area contributed by atoms with Gasteiger partial charge in [0.05, 0.1) is 15.9 Å². The number of aromatic nitrogens is 3. The second-order valence-corrected chi connectivity index (χ2v) is 11.3. The van der Waals surface area contributed by atoms with E-state index in [4.69, 9.17) is 19.7 Å². The van der Waals surface area contributed by atoms with Gasteiger partial charge >= 0.3 is 0 Å². The molecule has 0 bridgehead atoms. The lowest BCUT2D eigenvalue weighted by molar-refractivity contribution is 0.0849. The van der Waals surface area contributed by atoms with Crippen LogP contribution in [0, 0.1) is 0 Å². The number of hydrogen-bond donors (Lipinski definition) is 1. The zero-order chi connectivity index (χ0) is 23.6. The van der Waals surface area contributed by atoms with Crippen molar-refractivity contribution in [2.24, 2.45) is 0 Å². The fourth-order valence-electron chi connectivity index (χ4n) is 5.77. The molecule has 3 aromatic rings. The molecule has 186 valence electrons. The molecule has 0 aromatic carbocycles. The second-order valence-electron chi connectivity index (χ2n) is 10.3. The summed E-state index contributed by atoms with van der Waals surface area (Å²) < 4.78 is 6.76. The van der Waals surface area contributed by atoms with Gasteiger partial charge in [0.2, 0.25) is 0 Å². The van der Waals surface area contributed by atoms with Gasteiger partial charge in [0.1, 0.15) is 11.6 Å². The van der Waals surface area contributed by atoms with Crippen LogP contribution in [-0.2, 0) is 11.3 Å². The van der Waals surface area contributed by atoms with Gasteiger partial charge in [-0.05, 0) is 82.5 Å². The molecule has 0 unspecified atom stereocenters. The van der Waals surface area contributed by atoms with Gasteiger partial charge in [0.15, 0.2) is 5.13 Å². The summed E-state index contributed by atoms with van der Waals surface area (Å²) in [4.78, 5) is 19.8. The molecule has 0 aliphatic carbocycles. The Balaban J connectivity index is 1.24. The molecule has 7 nitrogen and oxygen atoms in total. The highest BCUT2D eigenvalue weighted by Gasteiger charge is 2.24. The third kappa shape index (κ3) is 5.15. The lowest BCUT2D eigenvalue weighted by Gasteiger charge is -2.32. The molecule has 0 amide bonds. The minimum atomic E-state index is 0.544. The third-order valence-corrected chi connectivity index (χ3v) is 8.85. The number of piperidine rings is 1. The van der Waals surface area contributed by atoms with Gasteiger partial charge in [-0.3, -0.25) is 4.90 Å². The molecule has 0 radical (unpaired) electrons. The molecule has 0 spiro atoms. The van der Waals surface area contributed by atoms with E-state index in [-0.39, 0.29) is 0 Å². The Bertz CT molecular complexity index is 1150. The van der Waals surface area contributed by atoms with E-state index in [0.717, 1.165) is 66.1 Å². The molecule has 3 saturated heterocycles. The Morgan fingerprint density at radius 1 is 1.00 bits per heavy atom. The van der Waals surface area contributed by atoms with Crippen molar-refractivity contribution < 1.29 is 4.74 Å². The molecule has 1 atom stereocenters. The molecule has 6 rings (SSSR count). The summed E-state index contributed by atoms with van der Waals surface area (Å²) in [5, 5.41) is 4.60. The molecular formula is C27H36N6OS. The maximum atomic E-state index is 5.62. The third-order valence-electron chi connectivity index (χ3n) is 7.81. The van der Waals surface area contributed by atoms with Crippen LogP contribution in [-0.4, -0.2) is 58.7 Å². The number of ether oxygens (including phenoxy) is 1. The Morgan fingerprint density at radius 2 is 1.83 bits per heavy atom. The van der Waals surface area contributed by atoms with Crippen LogP contribution in [0.5, 0.6) is 0 Å². The SMILES string of the molecule is C[C@H]1CCCCN1c1nc2cc(Nc3ccc(C4CCOCC4)c(CN4CCCC4)n3)ncc2s1. The smallest absolute Gasteiger partial charge is 0.186 e. The summed E-state index contributed by atoms with van der Waals surface area (Å²) in [5.41, 5.74) is 3.62. The van der Waals surface area contributed by atoms with E-state index in [1.807, 2.05) is 6.20 Å². The van der Waals surface area contributed by atoms with Crippen molar-refractivity contribution in [1.82, 2.24) is 19.9 Å². The van der Waals surface area contributed by atoms with Crippen LogP contribution in [0.1, 0.15) is 69.0 Å². The predicted molar refractivity (Wildman–Crippen MR) is 143 cm³/mol. The van der Waals surface area contributed by atoms with Crippen LogP contribution < -0.4 is 10.2 Å². The average molecular weight is 493 g/mol. The topological polar surface area (TPSA) is 66.4 Å². The normalized spacial score (nSPS) is 22.2. The first-order chi connectivity index (χ1) is 17.2. The van der Waals surface area contributed by atoms with Crippen molar-refractivity contribution in [3.05, 3.63) is 35.7 Å². The first kappa shape index (κ1) is 23.1. The minimum absolute atomic E-state index is 0.544. The highest BCUT2D eigenvalue weighted by atomic mass is 32.1. The van der Waals surface area contributed by atoms with E-state index in [1.165, 1.54) is 56.5 Å². The van der Waals surface area contributed by atoms with E-state index < -0.39 is 0 Å². The minimum Gasteiger partial charge on any atom is -0.381 e. The van der Waals surface area contributed by atoms with Crippen LogP contribution in [0.25, 0.3) is 10.2 Å². The van der Waals surface area contributed by atoms with Gasteiger partial charge in [-0.2, -0.15) is 0 Å². The maximum Gasteiger partial charge on any atom is 0.186 e. The zero-order valence-electron chi connectivity index (χ0n) is 20.7. The quantitative estimate of drug-likeness (QED) is 0.473. The average Bonchev–Trinajstić information content (AvgIpc) is 3.55. The number of hydrogen-bond acceptors (Lipinski definition) is 8. The lowest BCUT2D eigenvalue weighted by Crippen LogP contribution is -2.37. The van der Waals surface area contributed by atoms with E-state index in [9.17, 15) is 0 Å². The molecule has 3 aliphatic heterocycles. The van der Waals surface area contributed by atoms with Crippen LogP contribution in [0.3, 0.4) is 0 Å². The monoisotopic (exact) mass is 492 g/mol.